The molecule has 10 aromatic rings. The van der Waals surface area contributed by atoms with Crippen molar-refractivity contribution >= 4 is 21.8 Å². The molecule has 0 fully saturated rings. The first-order chi connectivity index (χ1) is 32.7. The minimum Gasteiger partial charge on any atom is -0.278 e. The highest BCUT2D eigenvalue weighted by Gasteiger charge is 2.28. The van der Waals surface area contributed by atoms with Gasteiger partial charge in [-0.25, -0.2) is 4.98 Å². The fraction of sp³-hybridized carbons (Fsp3) is 0. The number of fused-ring (bicyclic) bond motifs is 11. The third-order valence-electron chi connectivity index (χ3n) is 10.0. The Morgan fingerprint density at radius 1 is 0.345 bits per heavy atom. The molecule has 0 atom stereocenters. The highest BCUT2D eigenvalue weighted by atomic mass is 15.2. The third-order valence-corrected chi connectivity index (χ3v) is 10.0. The lowest BCUT2D eigenvalue weighted by Crippen LogP contribution is -2.08. The first-order valence-electron chi connectivity index (χ1n) is 24.1. The maximum absolute atomic E-state index is 9.28. The lowest BCUT2D eigenvalue weighted by Gasteiger charge is -2.26. The first kappa shape index (κ1) is 20.7. The van der Waals surface area contributed by atoms with Gasteiger partial charge in [0.2, 0.25) is 5.95 Å². The molecule has 0 aliphatic heterocycles. The second kappa shape index (κ2) is 12.6. The Balaban J connectivity index is 1.39. The smallest absolute Gasteiger partial charge is 0.238 e. The van der Waals surface area contributed by atoms with Crippen LogP contribution in [0, 0.1) is 0 Å². The van der Waals surface area contributed by atoms with E-state index in [0.29, 0.717) is 16.7 Å². The van der Waals surface area contributed by atoms with Crippen molar-refractivity contribution in [3.05, 3.63) is 194 Å². The van der Waals surface area contributed by atoms with Crippen molar-refractivity contribution in [3.8, 4) is 84.4 Å². The lowest BCUT2D eigenvalue weighted by atomic mass is 9.77. The zero-order valence-corrected chi connectivity index (χ0v) is 28.8. The molecule has 0 saturated heterocycles. The van der Waals surface area contributed by atoms with Crippen molar-refractivity contribution in [2.75, 3.05) is 0 Å². The van der Waals surface area contributed by atoms with Gasteiger partial charge in [-0.2, -0.15) is 9.97 Å². The Hall–Kier alpha value is -7.43. The molecule has 0 bridgehead atoms. The molecule has 2 heterocycles. The summed E-state index contributed by atoms with van der Waals surface area (Å²) in [5.41, 5.74) is 7.72. The number of nitrogens with zero attached hydrogens (tertiary/aromatic N) is 4. The van der Waals surface area contributed by atoms with Gasteiger partial charge in [0, 0.05) is 27.5 Å². The van der Waals surface area contributed by atoms with E-state index in [1.807, 2.05) is 97.1 Å². The second-order valence-corrected chi connectivity index (χ2v) is 13.0. The first-order valence-corrected chi connectivity index (χ1v) is 17.6. The van der Waals surface area contributed by atoms with Crippen LogP contribution < -0.4 is 0 Å². The Morgan fingerprint density at radius 2 is 0.818 bits per heavy atom. The van der Waals surface area contributed by atoms with Gasteiger partial charge in [-0.3, -0.25) is 4.57 Å². The molecule has 4 nitrogen and oxygen atoms in total. The monoisotopic (exact) mass is 713 g/mol. The van der Waals surface area contributed by atoms with Crippen molar-refractivity contribution < 1.29 is 17.8 Å². The van der Waals surface area contributed by atoms with Crippen LogP contribution in [0.4, 0.5) is 0 Å². The fourth-order valence-corrected chi connectivity index (χ4v) is 7.71. The average molecular weight is 714 g/mol. The van der Waals surface area contributed by atoms with Gasteiger partial charge in [-0.1, -0.05) is 182 Å². The Labute approximate surface area is 337 Å². The van der Waals surface area contributed by atoms with E-state index in [1.54, 1.807) is 0 Å². The predicted molar refractivity (Wildman–Crippen MR) is 226 cm³/mol. The predicted octanol–water partition coefficient (Wildman–Crippen LogP) is 13.0. The maximum atomic E-state index is 9.28. The van der Waals surface area contributed by atoms with Gasteiger partial charge in [0.15, 0.2) is 11.6 Å². The Morgan fingerprint density at radius 3 is 1.44 bits per heavy atom. The summed E-state index contributed by atoms with van der Waals surface area (Å²) in [6.45, 7) is 0. The van der Waals surface area contributed by atoms with E-state index >= 15 is 0 Å². The minimum atomic E-state index is -0.663. The Bertz CT molecular complexity index is 3740. The molecule has 4 heteroatoms. The standard InChI is InChI=1S/C51H32N4/c1-3-17-33(18-4-1)35-31-32-44-40-25-10-9-23-38(40)36-21-7-8-22-37(36)39-24-11-12-28-43(39)47(44)48(35)50-52-49(34-19-5-2-6-20-34)53-51(54-50)55-45-29-15-13-26-41(45)42-27-14-16-30-46(42)55/h1-32H/i2D,5D,6D,13D,14D,15D,16D,19D,20D,26D,27D,29D,30D. The van der Waals surface area contributed by atoms with E-state index < -0.39 is 95.9 Å². The van der Waals surface area contributed by atoms with Crippen LogP contribution in [0.3, 0.4) is 0 Å². The molecule has 1 aliphatic carbocycles. The van der Waals surface area contributed by atoms with Crippen LogP contribution in [0.1, 0.15) is 17.8 Å². The summed E-state index contributed by atoms with van der Waals surface area (Å²) >= 11 is 0. The van der Waals surface area contributed by atoms with Crippen LogP contribution in [0.25, 0.3) is 106 Å². The molecular formula is C51H32N4. The van der Waals surface area contributed by atoms with E-state index in [9.17, 15) is 2.74 Å². The molecule has 0 spiro atoms. The van der Waals surface area contributed by atoms with Crippen molar-refractivity contribution in [2.45, 2.75) is 0 Å². The number of rotatable bonds is 4. The molecule has 1 aliphatic rings. The topological polar surface area (TPSA) is 43.6 Å². The molecule has 256 valence electrons. The average Bonchev–Trinajstić information content (AvgIpc) is 3.73. The van der Waals surface area contributed by atoms with Crippen LogP contribution in [0.15, 0.2) is 194 Å². The molecule has 0 amide bonds. The van der Waals surface area contributed by atoms with E-state index in [2.05, 4.69) is 18.2 Å². The number of aromatic nitrogens is 4. The van der Waals surface area contributed by atoms with Crippen LogP contribution in [0.2, 0.25) is 0 Å². The van der Waals surface area contributed by atoms with E-state index in [-0.39, 0.29) is 27.6 Å². The van der Waals surface area contributed by atoms with Crippen LogP contribution >= 0.6 is 0 Å². The zero-order chi connectivity index (χ0) is 47.6. The van der Waals surface area contributed by atoms with Gasteiger partial charge in [0.05, 0.1) is 28.9 Å². The third kappa shape index (κ3) is 4.96. The zero-order valence-electron chi connectivity index (χ0n) is 41.8. The quantitative estimate of drug-likeness (QED) is 0.182. The summed E-state index contributed by atoms with van der Waals surface area (Å²) in [5.74, 6) is -0.890. The van der Waals surface area contributed by atoms with Gasteiger partial charge in [-0.05, 0) is 62.2 Å². The lowest BCUT2D eigenvalue weighted by molar-refractivity contribution is 0.954. The molecule has 55 heavy (non-hydrogen) atoms. The van der Waals surface area contributed by atoms with Crippen molar-refractivity contribution in [1.29, 1.82) is 0 Å². The molecule has 11 rings (SSSR count). The van der Waals surface area contributed by atoms with Crippen molar-refractivity contribution in [3.63, 3.8) is 0 Å². The largest absolute Gasteiger partial charge is 0.278 e. The molecule has 2 aromatic heterocycles. The van der Waals surface area contributed by atoms with Crippen LogP contribution in [-0.4, -0.2) is 19.5 Å². The summed E-state index contributed by atoms with van der Waals surface area (Å²) in [5, 5.41) is -0.438. The normalized spacial score (nSPS) is 14.9. The summed E-state index contributed by atoms with van der Waals surface area (Å²) < 4.78 is 117. The minimum absolute atomic E-state index is 0.0784. The molecule has 0 N–H and O–H groups in total. The summed E-state index contributed by atoms with van der Waals surface area (Å²) in [7, 11) is 0. The summed E-state index contributed by atoms with van der Waals surface area (Å²) in [6, 6.07) is 29.3. The summed E-state index contributed by atoms with van der Waals surface area (Å²) in [4.78, 5) is 15.0. The van der Waals surface area contributed by atoms with Gasteiger partial charge in [0.1, 0.15) is 0 Å². The highest BCUT2D eigenvalue weighted by molar-refractivity contribution is 6.10. The van der Waals surface area contributed by atoms with E-state index in [0.717, 1.165) is 49.1 Å². The molecular weight excluding hydrogens is 669 g/mol. The maximum Gasteiger partial charge on any atom is 0.238 e. The number of para-hydroxylation sites is 2. The van der Waals surface area contributed by atoms with E-state index in [1.165, 1.54) is 0 Å². The second-order valence-electron chi connectivity index (χ2n) is 13.0. The van der Waals surface area contributed by atoms with Gasteiger partial charge < -0.3 is 0 Å². The molecule has 0 saturated carbocycles. The van der Waals surface area contributed by atoms with Crippen LogP contribution in [-0.2, 0) is 0 Å². The fourth-order valence-electron chi connectivity index (χ4n) is 7.71. The molecule has 8 aromatic carbocycles. The Kier molecular flexibility index (Phi) is 4.75. The number of benzene rings is 8. The van der Waals surface area contributed by atoms with Crippen molar-refractivity contribution in [1.82, 2.24) is 19.5 Å². The van der Waals surface area contributed by atoms with E-state index in [4.69, 9.17) is 30.0 Å². The van der Waals surface area contributed by atoms with Crippen molar-refractivity contribution in [2.24, 2.45) is 0 Å². The molecule has 0 unspecified atom stereocenters. The molecule has 0 radical (unpaired) electrons. The van der Waals surface area contributed by atoms with Gasteiger partial charge in [0.25, 0.3) is 0 Å². The van der Waals surface area contributed by atoms with Gasteiger partial charge >= 0.3 is 0 Å². The number of hydrogen-bond acceptors (Lipinski definition) is 3. The summed E-state index contributed by atoms with van der Waals surface area (Å²) in [6.07, 6.45) is 0. The SMILES string of the molecule is [2H]c1c([2H])c([2H])c(-c2nc(-c3c(-c4ccccc4)ccc4c3-c3ccccc3-c3ccccc3-c3ccccc3-4)nc(-n3c4c([2H])c([2H])c([2H])c([2H])c4c4c([2H])c([2H])c([2H])c([2H])c43)n2)c([2H])c1[2H]. The van der Waals surface area contributed by atoms with Gasteiger partial charge in [-0.15, -0.1) is 0 Å². The number of hydrogen-bond donors (Lipinski definition) is 0. The highest BCUT2D eigenvalue weighted by Crippen LogP contribution is 2.52. The van der Waals surface area contributed by atoms with Crippen LogP contribution in [0.5, 0.6) is 0 Å².